The fourth-order valence-corrected chi connectivity index (χ4v) is 2.47. The molecular weight excluding hydrogens is 328 g/mol. The molecule has 0 unspecified atom stereocenters. The Balaban J connectivity index is 3.56. The molecule has 0 aliphatic heterocycles. The van der Waals surface area contributed by atoms with E-state index in [-0.39, 0.29) is 11.9 Å². The highest BCUT2D eigenvalue weighted by Crippen LogP contribution is 2.05. The monoisotopic (exact) mass is 366 g/mol. The first kappa shape index (κ1) is 24.4. The molecule has 0 aromatic rings. The number of rotatable bonds is 17. The third-order valence-electron chi connectivity index (χ3n) is 4.06. The van der Waals surface area contributed by atoms with E-state index in [9.17, 15) is 9.59 Å². The highest BCUT2D eigenvalue weighted by molar-refractivity contribution is 5.84. The SMILES string of the molecule is CCCCCCCCOC(=O)C=C/C=C/C(=O)OCCCCCCCC. The lowest BCUT2D eigenvalue weighted by atomic mass is 10.1. The lowest BCUT2D eigenvalue weighted by molar-refractivity contribution is -0.138. The molecule has 0 fully saturated rings. The highest BCUT2D eigenvalue weighted by Gasteiger charge is 1.98. The smallest absolute Gasteiger partial charge is 0.330 e. The third-order valence-corrected chi connectivity index (χ3v) is 4.06. The van der Waals surface area contributed by atoms with Gasteiger partial charge in [-0.2, -0.15) is 0 Å². The van der Waals surface area contributed by atoms with Gasteiger partial charge in [-0.25, -0.2) is 9.59 Å². The third kappa shape index (κ3) is 18.8. The van der Waals surface area contributed by atoms with Crippen molar-refractivity contribution < 1.29 is 19.1 Å². The number of ether oxygens (including phenoxy) is 2. The van der Waals surface area contributed by atoms with E-state index in [4.69, 9.17) is 9.47 Å². The molecule has 0 aromatic heterocycles. The van der Waals surface area contributed by atoms with E-state index >= 15 is 0 Å². The Bertz CT molecular complexity index is 361. The zero-order valence-electron chi connectivity index (χ0n) is 16.8. The number of hydrogen-bond acceptors (Lipinski definition) is 4. The van der Waals surface area contributed by atoms with Gasteiger partial charge in [0, 0.05) is 12.2 Å². The predicted molar refractivity (Wildman–Crippen MR) is 107 cm³/mol. The van der Waals surface area contributed by atoms with Gasteiger partial charge in [-0.15, -0.1) is 0 Å². The molecule has 26 heavy (non-hydrogen) atoms. The number of esters is 2. The van der Waals surface area contributed by atoms with E-state index in [1.54, 1.807) is 0 Å². The molecule has 0 aliphatic carbocycles. The summed E-state index contributed by atoms with van der Waals surface area (Å²) in [6, 6.07) is 0. The molecule has 0 atom stereocenters. The van der Waals surface area contributed by atoms with Crippen LogP contribution in [-0.2, 0) is 19.1 Å². The first-order valence-electron chi connectivity index (χ1n) is 10.4. The average molecular weight is 367 g/mol. The number of hydrogen-bond donors (Lipinski definition) is 0. The Morgan fingerprint density at radius 3 is 1.31 bits per heavy atom. The van der Waals surface area contributed by atoms with Gasteiger partial charge < -0.3 is 9.47 Å². The van der Waals surface area contributed by atoms with Crippen LogP contribution in [0.4, 0.5) is 0 Å². The summed E-state index contributed by atoms with van der Waals surface area (Å²) in [6.07, 6.45) is 19.6. The van der Waals surface area contributed by atoms with Crippen molar-refractivity contribution in [1.29, 1.82) is 0 Å². The van der Waals surface area contributed by atoms with Crippen molar-refractivity contribution in [2.45, 2.75) is 90.9 Å². The molecular formula is C22H38O4. The fraction of sp³-hybridized carbons (Fsp3) is 0.727. The summed E-state index contributed by atoms with van der Waals surface area (Å²) in [5.74, 6) is -0.743. The number of allylic oxidation sites excluding steroid dienone is 2. The summed E-state index contributed by atoms with van der Waals surface area (Å²) < 4.78 is 10.2. The van der Waals surface area contributed by atoms with Crippen LogP contribution in [0.1, 0.15) is 90.9 Å². The minimum Gasteiger partial charge on any atom is -0.463 e. The summed E-state index contributed by atoms with van der Waals surface area (Å²) in [5, 5.41) is 0. The largest absolute Gasteiger partial charge is 0.463 e. The molecule has 0 amide bonds. The normalized spacial score (nSPS) is 11.3. The molecule has 0 radical (unpaired) electrons. The quantitative estimate of drug-likeness (QED) is 0.139. The summed E-state index contributed by atoms with van der Waals surface area (Å²) in [6.45, 7) is 5.30. The first-order valence-corrected chi connectivity index (χ1v) is 10.4. The molecule has 0 N–H and O–H groups in total. The number of unbranched alkanes of at least 4 members (excludes halogenated alkanes) is 10. The second kappa shape index (κ2) is 19.7. The highest BCUT2D eigenvalue weighted by atomic mass is 16.5. The molecule has 150 valence electrons. The van der Waals surface area contributed by atoms with Gasteiger partial charge in [-0.05, 0) is 12.8 Å². The van der Waals surface area contributed by atoms with Crippen LogP contribution in [0.3, 0.4) is 0 Å². The van der Waals surface area contributed by atoms with Gasteiger partial charge in [0.05, 0.1) is 13.2 Å². The van der Waals surface area contributed by atoms with Crippen LogP contribution >= 0.6 is 0 Å². The first-order chi connectivity index (χ1) is 12.7. The van der Waals surface area contributed by atoms with Gasteiger partial charge in [0.2, 0.25) is 0 Å². The Morgan fingerprint density at radius 1 is 0.577 bits per heavy atom. The van der Waals surface area contributed by atoms with E-state index in [2.05, 4.69) is 13.8 Å². The Kier molecular flexibility index (Phi) is 18.5. The van der Waals surface area contributed by atoms with Crippen LogP contribution in [0.2, 0.25) is 0 Å². The van der Waals surface area contributed by atoms with Crippen molar-refractivity contribution in [1.82, 2.24) is 0 Å². The van der Waals surface area contributed by atoms with Crippen molar-refractivity contribution >= 4 is 11.9 Å². The van der Waals surface area contributed by atoms with Crippen molar-refractivity contribution in [3.8, 4) is 0 Å². The molecule has 4 heteroatoms. The second-order valence-corrected chi connectivity index (χ2v) is 6.59. The maximum atomic E-state index is 11.5. The molecule has 0 aliphatic rings. The lowest BCUT2D eigenvalue weighted by Crippen LogP contribution is -2.03. The zero-order valence-corrected chi connectivity index (χ0v) is 16.8. The van der Waals surface area contributed by atoms with Crippen LogP contribution in [0.25, 0.3) is 0 Å². The van der Waals surface area contributed by atoms with Crippen LogP contribution in [-0.4, -0.2) is 25.2 Å². The molecule has 0 bridgehead atoms. The summed E-state index contributed by atoms with van der Waals surface area (Å²) >= 11 is 0. The fourth-order valence-electron chi connectivity index (χ4n) is 2.47. The van der Waals surface area contributed by atoms with Crippen LogP contribution in [0, 0.1) is 0 Å². The van der Waals surface area contributed by atoms with Gasteiger partial charge in [0.1, 0.15) is 0 Å². The Morgan fingerprint density at radius 2 is 0.923 bits per heavy atom. The lowest BCUT2D eigenvalue weighted by Gasteiger charge is -2.02. The summed E-state index contributed by atoms with van der Waals surface area (Å²) in [5.41, 5.74) is 0. The van der Waals surface area contributed by atoms with Crippen molar-refractivity contribution in [3.63, 3.8) is 0 Å². The van der Waals surface area contributed by atoms with E-state index in [0.717, 1.165) is 25.7 Å². The van der Waals surface area contributed by atoms with Gasteiger partial charge in [-0.3, -0.25) is 0 Å². The molecule has 0 heterocycles. The van der Waals surface area contributed by atoms with Crippen LogP contribution < -0.4 is 0 Å². The van der Waals surface area contributed by atoms with Crippen molar-refractivity contribution in [3.05, 3.63) is 24.3 Å². The molecule has 0 saturated heterocycles. The molecule has 0 spiro atoms. The summed E-state index contributed by atoms with van der Waals surface area (Å²) in [4.78, 5) is 23.0. The predicted octanol–water partition coefficient (Wildman–Crippen LogP) is 5.91. The van der Waals surface area contributed by atoms with Crippen LogP contribution in [0.15, 0.2) is 24.3 Å². The maximum absolute atomic E-state index is 11.5. The van der Waals surface area contributed by atoms with Crippen molar-refractivity contribution in [2.75, 3.05) is 13.2 Å². The minimum atomic E-state index is -0.372. The zero-order chi connectivity index (χ0) is 19.3. The molecule has 0 saturated carbocycles. The summed E-state index contributed by atoms with van der Waals surface area (Å²) in [7, 11) is 0. The minimum absolute atomic E-state index is 0.372. The van der Waals surface area contributed by atoms with Crippen molar-refractivity contribution in [2.24, 2.45) is 0 Å². The van der Waals surface area contributed by atoms with E-state index < -0.39 is 0 Å². The standard InChI is InChI=1S/C22H38O4/c1-3-5-7-9-11-15-19-25-21(23)17-13-14-18-22(24)26-20-16-12-10-8-6-4-2/h13-14,17-18H,3-12,15-16,19-20H2,1-2H3/b17-13+,18-14?. The van der Waals surface area contributed by atoms with E-state index in [1.165, 1.54) is 75.7 Å². The van der Waals surface area contributed by atoms with Gasteiger partial charge >= 0.3 is 11.9 Å². The molecule has 0 aromatic carbocycles. The molecule has 4 nitrogen and oxygen atoms in total. The average Bonchev–Trinajstić information content (AvgIpc) is 2.64. The van der Waals surface area contributed by atoms with Crippen LogP contribution in [0.5, 0.6) is 0 Å². The Labute approximate surface area is 160 Å². The van der Waals surface area contributed by atoms with Gasteiger partial charge in [0.25, 0.3) is 0 Å². The van der Waals surface area contributed by atoms with E-state index in [1.807, 2.05) is 0 Å². The second-order valence-electron chi connectivity index (χ2n) is 6.59. The van der Waals surface area contributed by atoms with Gasteiger partial charge in [0.15, 0.2) is 0 Å². The van der Waals surface area contributed by atoms with Gasteiger partial charge in [-0.1, -0.05) is 90.2 Å². The maximum Gasteiger partial charge on any atom is 0.330 e. The number of carbonyl (C=O) groups excluding carboxylic acids is 2. The number of carbonyl (C=O) groups is 2. The Hall–Kier alpha value is -1.58. The molecule has 0 rings (SSSR count). The van der Waals surface area contributed by atoms with E-state index in [0.29, 0.717) is 13.2 Å². The topological polar surface area (TPSA) is 52.6 Å².